The molecule has 1 heterocycles. The van der Waals surface area contributed by atoms with Crippen LogP contribution in [0.2, 0.25) is 0 Å². The average molecular weight is 196 g/mol. The Labute approximate surface area is 83.7 Å². The van der Waals surface area contributed by atoms with Gasteiger partial charge in [-0.05, 0) is 18.6 Å². The fraction of sp³-hybridized carbons (Fsp3) is 0.500. The predicted molar refractivity (Wildman–Crippen MR) is 54.0 cm³/mol. The zero-order valence-electron chi connectivity index (χ0n) is 8.38. The summed E-state index contributed by atoms with van der Waals surface area (Å²) >= 11 is 0. The third-order valence-corrected chi connectivity index (χ3v) is 1.97. The smallest absolute Gasteiger partial charge is 0.306 e. The second kappa shape index (κ2) is 6.21. The van der Waals surface area contributed by atoms with Crippen LogP contribution in [0.1, 0.15) is 12.1 Å². The number of methoxy groups -OCH3 is 1. The first-order chi connectivity index (χ1) is 6.83. The van der Waals surface area contributed by atoms with Crippen molar-refractivity contribution in [3.05, 3.63) is 24.0 Å². The fourth-order valence-corrected chi connectivity index (χ4v) is 1.16. The first kappa shape index (κ1) is 10.8. The molecule has 0 fully saturated rings. The van der Waals surface area contributed by atoms with Gasteiger partial charge in [-0.2, -0.15) is 0 Å². The largest absolute Gasteiger partial charge is 0.469 e. The molecular weight excluding hydrogens is 180 g/mol. The van der Waals surface area contributed by atoms with E-state index in [0.717, 1.165) is 13.0 Å². The van der Waals surface area contributed by atoms with Crippen LogP contribution in [0.15, 0.2) is 18.3 Å². The maximum absolute atomic E-state index is 10.7. The van der Waals surface area contributed by atoms with Crippen molar-refractivity contribution in [2.45, 2.75) is 12.8 Å². The second-order valence-electron chi connectivity index (χ2n) is 3.02. The molecule has 0 atom stereocenters. The minimum atomic E-state index is -0.169. The number of esters is 1. The Hall–Kier alpha value is -1.29. The summed E-state index contributed by atoms with van der Waals surface area (Å²) in [5, 5.41) is 3.17. The van der Waals surface area contributed by atoms with E-state index in [1.165, 1.54) is 12.8 Å². The highest BCUT2D eigenvalue weighted by atomic mass is 16.5. The van der Waals surface area contributed by atoms with Gasteiger partial charge in [0.05, 0.1) is 13.5 Å². The first-order valence-electron chi connectivity index (χ1n) is 4.72. The summed E-state index contributed by atoms with van der Waals surface area (Å²) in [6.45, 7) is 1.55. The third-order valence-electron chi connectivity index (χ3n) is 1.97. The van der Waals surface area contributed by atoms with Crippen LogP contribution in [0.25, 0.3) is 0 Å². The summed E-state index contributed by atoms with van der Waals surface area (Å²) < 4.78 is 4.52. The lowest BCUT2D eigenvalue weighted by Crippen LogP contribution is -2.21. The zero-order chi connectivity index (χ0) is 10.2. The number of H-pyrrole nitrogens is 1. The Kier molecular flexibility index (Phi) is 4.78. The minimum Gasteiger partial charge on any atom is -0.469 e. The molecule has 0 bridgehead atoms. The molecule has 4 nitrogen and oxygen atoms in total. The monoisotopic (exact) mass is 196 g/mol. The van der Waals surface area contributed by atoms with Crippen LogP contribution in [0.4, 0.5) is 0 Å². The number of carbonyl (C=O) groups excluding carboxylic acids is 1. The Morgan fingerprint density at radius 2 is 2.43 bits per heavy atom. The Morgan fingerprint density at radius 1 is 1.57 bits per heavy atom. The number of nitrogens with one attached hydrogen (secondary N) is 2. The molecule has 0 radical (unpaired) electrons. The van der Waals surface area contributed by atoms with Crippen LogP contribution < -0.4 is 5.32 Å². The number of hydrogen-bond acceptors (Lipinski definition) is 3. The molecule has 1 aromatic rings. The van der Waals surface area contributed by atoms with E-state index in [1.54, 1.807) is 0 Å². The summed E-state index contributed by atoms with van der Waals surface area (Å²) in [6.07, 6.45) is 3.29. The van der Waals surface area contributed by atoms with E-state index in [-0.39, 0.29) is 5.97 Å². The fourth-order valence-electron chi connectivity index (χ4n) is 1.16. The summed E-state index contributed by atoms with van der Waals surface area (Å²) in [7, 11) is 1.40. The normalized spacial score (nSPS) is 10.1. The first-order valence-corrected chi connectivity index (χ1v) is 4.72. The van der Waals surface area contributed by atoms with Crippen molar-refractivity contribution in [1.82, 2.24) is 10.3 Å². The van der Waals surface area contributed by atoms with E-state index in [4.69, 9.17) is 0 Å². The number of aromatic nitrogens is 1. The lowest BCUT2D eigenvalue weighted by Gasteiger charge is -2.02. The quantitative estimate of drug-likeness (QED) is 0.520. The Bertz CT molecular complexity index is 257. The van der Waals surface area contributed by atoms with Crippen LogP contribution in [0.3, 0.4) is 0 Å². The maximum Gasteiger partial charge on any atom is 0.306 e. The van der Waals surface area contributed by atoms with Gasteiger partial charge in [-0.25, -0.2) is 0 Å². The maximum atomic E-state index is 10.7. The highest BCUT2D eigenvalue weighted by Crippen LogP contribution is 1.93. The molecule has 0 saturated carbocycles. The lowest BCUT2D eigenvalue weighted by atomic mass is 10.3. The van der Waals surface area contributed by atoms with E-state index in [9.17, 15) is 4.79 Å². The van der Waals surface area contributed by atoms with Crippen LogP contribution in [0.5, 0.6) is 0 Å². The van der Waals surface area contributed by atoms with Gasteiger partial charge in [-0.1, -0.05) is 0 Å². The third kappa shape index (κ3) is 4.09. The van der Waals surface area contributed by atoms with Crippen molar-refractivity contribution in [2.75, 3.05) is 20.2 Å². The molecule has 1 aromatic heterocycles. The second-order valence-corrected chi connectivity index (χ2v) is 3.02. The molecule has 0 spiro atoms. The zero-order valence-corrected chi connectivity index (χ0v) is 8.38. The molecule has 14 heavy (non-hydrogen) atoms. The van der Waals surface area contributed by atoms with Crippen molar-refractivity contribution in [1.29, 1.82) is 0 Å². The predicted octanol–water partition coefficient (Wildman–Crippen LogP) is 0.710. The molecule has 0 amide bonds. The summed E-state index contributed by atoms with van der Waals surface area (Å²) in [5.74, 6) is -0.169. The van der Waals surface area contributed by atoms with Crippen molar-refractivity contribution in [3.63, 3.8) is 0 Å². The van der Waals surface area contributed by atoms with E-state index >= 15 is 0 Å². The molecule has 0 aliphatic carbocycles. The molecule has 0 aliphatic heterocycles. The van der Waals surface area contributed by atoms with Gasteiger partial charge in [-0.3, -0.25) is 4.79 Å². The SMILES string of the molecule is COC(=O)CCNCCc1ccc[nH]1. The molecule has 1 rings (SSSR count). The highest BCUT2D eigenvalue weighted by Gasteiger charge is 1.98. The number of hydrogen-bond donors (Lipinski definition) is 2. The standard InChI is InChI=1S/C10H16N2O2/c1-14-10(13)5-8-11-7-4-9-3-2-6-12-9/h2-3,6,11-12H,4-5,7-8H2,1H3. The molecule has 0 saturated heterocycles. The number of carbonyl (C=O) groups is 1. The van der Waals surface area contributed by atoms with Gasteiger partial charge in [-0.15, -0.1) is 0 Å². The Morgan fingerprint density at radius 3 is 3.07 bits per heavy atom. The van der Waals surface area contributed by atoms with Crippen LogP contribution >= 0.6 is 0 Å². The van der Waals surface area contributed by atoms with Crippen LogP contribution in [-0.2, 0) is 16.0 Å². The molecule has 0 aromatic carbocycles. The lowest BCUT2D eigenvalue weighted by molar-refractivity contribution is -0.140. The van der Waals surface area contributed by atoms with Gasteiger partial charge >= 0.3 is 5.97 Å². The summed E-state index contributed by atoms with van der Waals surface area (Å²) in [5.41, 5.74) is 1.20. The van der Waals surface area contributed by atoms with Crippen molar-refractivity contribution < 1.29 is 9.53 Å². The van der Waals surface area contributed by atoms with Crippen molar-refractivity contribution >= 4 is 5.97 Å². The number of ether oxygens (including phenoxy) is 1. The summed E-state index contributed by atoms with van der Waals surface area (Å²) in [4.78, 5) is 13.9. The molecule has 4 heteroatoms. The van der Waals surface area contributed by atoms with Gasteiger partial charge in [0.1, 0.15) is 0 Å². The average Bonchev–Trinajstić information content (AvgIpc) is 2.69. The van der Waals surface area contributed by atoms with Gasteiger partial charge in [0.15, 0.2) is 0 Å². The molecule has 0 unspecified atom stereocenters. The van der Waals surface area contributed by atoms with Gasteiger partial charge in [0.25, 0.3) is 0 Å². The van der Waals surface area contributed by atoms with Gasteiger partial charge in [0, 0.05) is 25.0 Å². The van der Waals surface area contributed by atoms with Gasteiger partial charge < -0.3 is 15.0 Å². The molecule has 2 N–H and O–H groups in total. The van der Waals surface area contributed by atoms with Gasteiger partial charge in [0.2, 0.25) is 0 Å². The van der Waals surface area contributed by atoms with E-state index in [2.05, 4.69) is 15.0 Å². The minimum absolute atomic E-state index is 0.169. The molecular formula is C10H16N2O2. The van der Waals surface area contributed by atoms with E-state index < -0.39 is 0 Å². The van der Waals surface area contributed by atoms with Crippen molar-refractivity contribution in [3.8, 4) is 0 Å². The topological polar surface area (TPSA) is 54.1 Å². The van der Waals surface area contributed by atoms with Crippen molar-refractivity contribution in [2.24, 2.45) is 0 Å². The highest BCUT2D eigenvalue weighted by molar-refractivity contribution is 5.69. The number of rotatable bonds is 6. The Balaban J connectivity index is 1.97. The molecule has 0 aliphatic rings. The van der Waals surface area contributed by atoms with E-state index in [0.29, 0.717) is 13.0 Å². The van der Waals surface area contributed by atoms with Crippen LogP contribution in [-0.4, -0.2) is 31.2 Å². The number of aromatic amines is 1. The molecule has 78 valence electrons. The van der Waals surface area contributed by atoms with E-state index in [1.807, 2.05) is 18.3 Å². The summed E-state index contributed by atoms with van der Waals surface area (Å²) in [6, 6.07) is 4.02. The van der Waals surface area contributed by atoms with Crippen LogP contribution in [0, 0.1) is 0 Å².